The van der Waals surface area contributed by atoms with E-state index in [2.05, 4.69) is 5.10 Å². The van der Waals surface area contributed by atoms with Gasteiger partial charge in [0.2, 0.25) is 10.0 Å². The summed E-state index contributed by atoms with van der Waals surface area (Å²) in [6.07, 6.45) is 0.861. The van der Waals surface area contributed by atoms with Gasteiger partial charge in [-0.3, -0.25) is 9.58 Å². The molecule has 6 nitrogen and oxygen atoms in total. The lowest BCUT2D eigenvalue weighted by atomic mass is 10.2. The molecule has 1 aromatic rings. The fraction of sp³-hybridized carbons (Fsp3) is 0.750. The highest BCUT2D eigenvalue weighted by Crippen LogP contribution is 2.33. The molecule has 1 atom stereocenters. The molecule has 0 radical (unpaired) electrons. The third-order valence-corrected chi connectivity index (χ3v) is 6.14. The molecule has 9 heteroatoms. The Hall–Kier alpha value is -1.06. The van der Waals surface area contributed by atoms with Crippen LogP contribution in [-0.2, 0) is 23.1 Å². The van der Waals surface area contributed by atoms with Crippen molar-refractivity contribution < 1.29 is 17.2 Å². The number of nitrogens with zero attached hydrogens (tertiary/aromatic N) is 4. The maximum atomic E-state index is 13.3. The van der Waals surface area contributed by atoms with E-state index >= 15 is 0 Å². The topological polar surface area (TPSA) is 58.4 Å². The third kappa shape index (κ3) is 2.47. The van der Waals surface area contributed by atoms with E-state index in [4.69, 9.17) is 0 Å². The van der Waals surface area contributed by atoms with Gasteiger partial charge in [-0.05, 0) is 14.0 Å². The van der Waals surface area contributed by atoms with E-state index < -0.39 is 28.9 Å². The van der Waals surface area contributed by atoms with Gasteiger partial charge in [0.05, 0.1) is 25.0 Å². The number of rotatable bonds is 2. The second-order valence-electron chi connectivity index (χ2n) is 5.85. The molecule has 0 bridgehead atoms. The number of halogens is 2. The maximum Gasteiger partial charge on any atom is 0.262 e. The molecule has 1 aromatic heterocycles. The molecule has 2 aliphatic rings. The van der Waals surface area contributed by atoms with E-state index in [-0.39, 0.29) is 17.5 Å². The zero-order valence-electron chi connectivity index (χ0n) is 12.0. The molecule has 1 saturated heterocycles. The number of alkyl halides is 2. The largest absolute Gasteiger partial charge is 0.296 e. The number of fused-ring (bicyclic) bond motifs is 1. The Morgan fingerprint density at radius 3 is 2.76 bits per heavy atom. The summed E-state index contributed by atoms with van der Waals surface area (Å²) in [5, 5.41) is 4.11. The Morgan fingerprint density at radius 2 is 2.14 bits per heavy atom. The summed E-state index contributed by atoms with van der Waals surface area (Å²) >= 11 is 0. The fourth-order valence-electron chi connectivity index (χ4n) is 2.76. The van der Waals surface area contributed by atoms with Crippen molar-refractivity contribution >= 4 is 10.0 Å². The number of hydrogen-bond donors (Lipinski definition) is 0. The van der Waals surface area contributed by atoms with Gasteiger partial charge >= 0.3 is 0 Å². The van der Waals surface area contributed by atoms with Gasteiger partial charge in [0.15, 0.2) is 0 Å². The van der Waals surface area contributed by atoms with Crippen molar-refractivity contribution in [3.05, 3.63) is 11.9 Å². The minimum absolute atomic E-state index is 0.0546. The minimum Gasteiger partial charge on any atom is -0.296 e. The second kappa shape index (κ2) is 4.72. The van der Waals surface area contributed by atoms with Crippen LogP contribution in [0.25, 0.3) is 0 Å². The van der Waals surface area contributed by atoms with E-state index in [1.54, 1.807) is 4.68 Å². The average molecular weight is 320 g/mol. The summed E-state index contributed by atoms with van der Waals surface area (Å²) in [6, 6.07) is 0.254. The van der Waals surface area contributed by atoms with Crippen LogP contribution in [0, 0.1) is 0 Å². The lowest BCUT2D eigenvalue weighted by molar-refractivity contribution is 0.0183. The van der Waals surface area contributed by atoms with Crippen LogP contribution in [0.15, 0.2) is 11.1 Å². The Labute approximate surface area is 122 Å². The molecule has 0 spiro atoms. The minimum atomic E-state index is -3.91. The normalized spacial score (nSPS) is 27.0. The van der Waals surface area contributed by atoms with Crippen LogP contribution in [0.3, 0.4) is 0 Å². The first kappa shape index (κ1) is 14.9. The molecule has 0 N–H and O–H groups in total. The molecule has 0 saturated carbocycles. The molecule has 0 unspecified atom stereocenters. The SMILES string of the molecule is C[C@H]1Cn2ncc(S(=O)(=O)N3CCC(F)(F)C3)c2CN1C. The highest BCUT2D eigenvalue weighted by Gasteiger charge is 2.45. The highest BCUT2D eigenvalue weighted by atomic mass is 32.2. The summed E-state index contributed by atoms with van der Waals surface area (Å²) in [4.78, 5) is 2.08. The number of aromatic nitrogens is 2. The summed E-state index contributed by atoms with van der Waals surface area (Å²) < 4.78 is 54.2. The number of sulfonamides is 1. The fourth-order valence-corrected chi connectivity index (χ4v) is 4.37. The zero-order chi connectivity index (χ0) is 15.4. The second-order valence-corrected chi connectivity index (χ2v) is 7.75. The van der Waals surface area contributed by atoms with Gasteiger partial charge in [-0.1, -0.05) is 0 Å². The van der Waals surface area contributed by atoms with Crippen molar-refractivity contribution in [2.75, 3.05) is 20.1 Å². The number of likely N-dealkylation sites (N-methyl/N-ethyl adjacent to an activating group) is 1. The lowest BCUT2D eigenvalue weighted by Crippen LogP contribution is -2.39. The van der Waals surface area contributed by atoms with Gasteiger partial charge in [-0.25, -0.2) is 17.2 Å². The third-order valence-electron chi connectivity index (χ3n) is 4.25. The first-order valence-electron chi connectivity index (χ1n) is 6.84. The van der Waals surface area contributed by atoms with Gasteiger partial charge in [0, 0.05) is 25.6 Å². The van der Waals surface area contributed by atoms with E-state index in [0.29, 0.717) is 18.8 Å². The predicted molar refractivity (Wildman–Crippen MR) is 71.5 cm³/mol. The molecule has 21 heavy (non-hydrogen) atoms. The molecular formula is C12H18F2N4O2S. The van der Waals surface area contributed by atoms with Gasteiger partial charge in [-0.15, -0.1) is 0 Å². The van der Waals surface area contributed by atoms with Crippen molar-refractivity contribution in [2.45, 2.75) is 43.3 Å². The zero-order valence-corrected chi connectivity index (χ0v) is 12.8. The molecule has 3 rings (SSSR count). The molecule has 0 amide bonds. The van der Waals surface area contributed by atoms with Crippen LogP contribution in [0.2, 0.25) is 0 Å². The van der Waals surface area contributed by atoms with Crippen LogP contribution in [-0.4, -0.2) is 59.5 Å². The maximum absolute atomic E-state index is 13.3. The Balaban J connectivity index is 1.95. The lowest BCUT2D eigenvalue weighted by Gasteiger charge is -2.31. The molecule has 0 aromatic carbocycles. The van der Waals surface area contributed by atoms with Gasteiger partial charge in [-0.2, -0.15) is 9.40 Å². The predicted octanol–water partition coefficient (Wildman–Crippen LogP) is 0.747. The van der Waals surface area contributed by atoms with E-state index in [1.165, 1.54) is 6.20 Å². The van der Waals surface area contributed by atoms with Crippen LogP contribution >= 0.6 is 0 Å². The molecule has 0 aliphatic carbocycles. The monoisotopic (exact) mass is 320 g/mol. The highest BCUT2D eigenvalue weighted by molar-refractivity contribution is 7.89. The van der Waals surface area contributed by atoms with Gasteiger partial charge < -0.3 is 0 Å². The smallest absolute Gasteiger partial charge is 0.262 e. The molecule has 118 valence electrons. The van der Waals surface area contributed by atoms with Crippen molar-refractivity contribution in [3.63, 3.8) is 0 Å². The van der Waals surface area contributed by atoms with Crippen LogP contribution in [0.5, 0.6) is 0 Å². The first-order valence-corrected chi connectivity index (χ1v) is 8.28. The van der Waals surface area contributed by atoms with Crippen LogP contribution in [0.4, 0.5) is 8.78 Å². The van der Waals surface area contributed by atoms with Gasteiger partial charge in [0.25, 0.3) is 5.92 Å². The Morgan fingerprint density at radius 1 is 1.43 bits per heavy atom. The summed E-state index contributed by atoms with van der Waals surface area (Å²) in [6.45, 7) is 2.18. The van der Waals surface area contributed by atoms with E-state index in [9.17, 15) is 17.2 Å². The standard InChI is InChI=1S/C12H18F2N4O2S/c1-9-6-18-10(7-16(9)2)11(5-15-18)21(19,20)17-4-3-12(13,14)8-17/h5,9H,3-4,6-8H2,1-2H3/t9-/m0/s1. The molecule has 1 fully saturated rings. The van der Waals surface area contributed by atoms with Crippen molar-refractivity contribution in [3.8, 4) is 0 Å². The summed E-state index contributed by atoms with van der Waals surface area (Å²) in [7, 11) is -2.00. The van der Waals surface area contributed by atoms with Crippen LogP contribution < -0.4 is 0 Å². The molecule has 2 aliphatic heterocycles. The summed E-state index contributed by atoms with van der Waals surface area (Å²) in [5.41, 5.74) is 0.575. The quantitative estimate of drug-likeness (QED) is 0.807. The Kier molecular flexibility index (Phi) is 3.34. The first-order chi connectivity index (χ1) is 9.71. The molecular weight excluding hydrogens is 302 g/mol. The average Bonchev–Trinajstić information content (AvgIpc) is 2.94. The van der Waals surface area contributed by atoms with Crippen molar-refractivity contribution in [1.82, 2.24) is 19.0 Å². The van der Waals surface area contributed by atoms with E-state index in [1.807, 2.05) is 18.9 Å². The summed E-state index contributed by atoms with van der Waals surface area (Å²) in [5.74, 6) is -2.94. The Bertz CT molecular complexity index is 658. The molecule has 3 heterocycles. The van der Waals surface area contributed by atoms with Crippen LogP contribution in [0.1, 0.15) is 19.0 Å². The van der Waals surface area contributed by atoms with Crippen molar-refractivity contribution in [2.24, 2.45) is 0 Å². The van der Waals surface area contributed by atoms with Gasteiger partial charge in [0.1, 0.15) is 4.90 Å². The van der Waals surface area contributed by atoms with Crippen molar-refractivity contribution in [1.29, 1.82) is 0 Å². The number of hydrogen-bond acceptors (Lipinski definition) is 4. The van der Waals surface area contributed by atoms with E-state index in [0.717, 1.165) is 4.31 Å².